The minimum Gasteiger partial charge on any atom is -0.344 e. The molecule has 1 N–H and O–H groups in total. The first-order chi connectivity index (χ1) is 12.6. The van der Waals surface area contributed by atoms with E-state index in [-0.39, 0.29) is 12.5 Å². The van der Waals surface area contributed by atoms with Crippen molar-refractivity contribution in [3.63, 3.8) is 0 Å². The van der Waals surface area contributed by atoms with Gasteiger partial charge in [-0.1, -0.05) is 29.8 Å². The largest absolute Gasteiger partial charge is 0.344 e. The SMILES string of the molecule is Cc1ccc(-c2ccc3nnc(CNC(=O)c4ccc(C)s4)n3n2)cc1. The maximum absolute atomic E-state index is 12.2. The van der Waals surface area contributed by atoms with Crippen molar-refractivity contribution in [1.29, 1.82) is 0 Å². The summed E-state index contributed by atoms with van der Waals surface area (Å²) in [6.07, 6.45) is 0. The van der Waals surface area contributed by atoms with E-state index in [1.165, 1.54) is 16.9 Å². The van der Waals surface area contributed by atoms with Crippen LogP contribution in [0.2, 0.25) is 0 Å². The summed E-state index contributed by atoms with van der Waals surface area (Å²) in [5.41, 5.74) is 3.71. The van der Waals surface area contributed by atoms with Gasteiger partial charge in [0, 0.05) is 10.4 Å². The third kappa shape index (κ3) is 3.21. The number of benzene rings is 1. The molecule has 4 rings (SSSR count). The molecule has 0 aliphatic rings. The van der Waals surface area contributed by atoms with Crippen LogP contribution in [0.5, 0.6) is 0 Å². The second kappa shape index (κ2) is 6.68. The first-order valence-corrected chi connectivity index (χ1v) is 9.05. The first-order valence-electron chi connectivity index (χ1n) is 8.23. The fourth-order valence-corrected chi connectivity index (χ4v) is 3.41. The number of fused-ring (bicyclic) bond motifs is 1. The van der Waals surface area contributed by atoms with Gasteiger partial charge in [-0.15, -0.1) is 21.5 Å². The lowest BCUT2D eigenvalue weighted by atomic mass is 10.1. The zero-order chi connectivity index (χ0) is 18.1. The number of carbonyl (C=O) groups excluding carboxylic acids is 1. The second-order valence-electron chi connectivity index (χ2n) is 6.06. The smallest absolute Gasteiger partial charge is 0.261 e. The van der Waals surface area contributed by atoms with Crippen LogP contribution in [0.25, 0.3) is 16.9 Å². The second-order valence-corrected chi connectivity index (χ2v) is 7.35. The molecule has 3 heterocycles. The van der Waals surface area contributed by atoms with Crippen LogP contribution in [-0.2, 0) is 6.54 Å². The molecule has 130 valence electrons. The van der Waals surface area contributed by atoms with Crippen LogP contribution < -0.4 is 5.32 Å². The molecular weight excluding hydrogens is 346 g/mol. The zero-order valence-electron chi connectivity index (χ0n) is 14.4. The van der Waals surface area contributed by atoms with Crippen LogP contribution >= 0.6 is 11.3 Å². The van der Waals surface area contributed by atoms with E-state index in [0.717, 1.165) is 16.1 Å². The molecule has 3 aromatic heterocycles. The van der Waals surface area contributed by atoms with E-state index in [4.69, 9.17) is 0 Å². The zero-order valence-corrected chi connectivity index (χ0v) is 15.2. The molecule has 1 aromatic carbocycles. The predicted molar refractivity (Wildman–Crippen MR) is 101 cm³/mol. The molecule has 0 fully saturated rings. The van der Waals surface area contributed by atoms with Gasteiger partial charge >= 0.3 is 0 Å². The molecule has 0 saturated carbocycles. The first kappa shape index (κ1) is 16.4. The Hall–Kier alpha value is -3.06. The molecule has 0 saturated heterocycles. The van der Waals surface area contributed by atoms with E-state index in [2.05, 4.69) is 39.7 Å². The standard InChI is InChI=1S/C19H17N5OS/c1-12-3-6-14(7-4-12)15-8-10-17-21-22-18(24(17)23-15)11-20-19(25)16-9-5-13(2)26-16/h3-10H,11H2,1-2H3,(H,20,25). The van der Waals surface area contributed by atoms with Gasteiger partial charge in [0.05, 0.1) is 17.1 Å². The van der Waals surface area contributed by atoms with Crippen LogP contribution in [-0.4, -0.2) is 25.7 Å². The maximum atomic E-state index is 12.2. The number of nitrogens with zero attached hydrogens (tertiary/aromatic N) is 4. The number of aryl methyl sites for hydroxylation is 2. The Bertz CT molecular complexity index is 1080. The van der Waals surface area contributed by atoms with Crippen LogP contribution in [0.1, 0.15) is 25.9 Å². The van der Waals surface area contributed by atoms with Gasteiger partial charge in [0.25, 0.3) is 5.91 Å². The van der Waals surface area contributed by atoms with Crippen molar-refractivity contribution in [3.8, 4) is 11.3 Å². The summed E-state index contributed by atoms with van der Waals surface area (Å²) in [5.74, 6) is 0.477. The summed E-state index contributed by atoms with van der Waals surface area (Å²) in [4.78, 5) is 14.0. The number of hydrogen-bond donors (Lipinski definition) is 1. The number of rotatable bonds is 4. The number of amides is 1. The topological polar surface area (TPSA) is 72.2 Å². The lowest BCUT2D eigenvalue weighted by Crippen LogP contribution is -2.23. The quantitative estimate of drug-likeness (QED) is 0.603. The number of nitrogens with one attached hydrogen (secondary N) is 1. The van der Waals surface area contributed by atoms with Crippen molar-refractivity contribution < 1.29 is 4.79 Å². The Morgan fingerprint density at radius 2 is 1.85 bits per heavy atom. The highest BCUT2D eigenvalue weighted by molar-refractivity contribution is 7.13. The molecule has 0 aliphatic heterocycles. The highest BCUT2D eigenvalue weighted by Gasteiger charge is 2.12. The van der Waals surface area contributed by atoms with Gasteiger partial charge in [0.2, 0.25) is 0 Å². The predicted octanol–water partition coefficient (Wildman–Crippen LogP) is 3.40. The number of aromatic nitrogens is 4. The minimum absolute atomic E-state index is 0.116. The third-order valence-corrected chi connectivity index (χ3v) is 5.05. The van der Waals surface area contributed by atoms with Gasteiger partial charge in [-0.05, 0) is 38.1 Å². The van der Waals surface area contributed by atoms with Gasteiger partial charge in [-0.2, -0.15) is 9.61 Å². The van der Waals surface area contributed by atoms with E-state index in [9.17, 15) is 4.79 Å². The molecular formula is C19H17N5OS. The number of carbonyl (C=O) groups is 1. The van der Waals surface area contributed by atoms with Crippen molar-refractivity contribution in [1.82, 2.24) is 25.1 Å². The van der Waals surface area contributed by atoms with Crippen molar-refractivity contribution in [2.24, 2.45) is 0 Å². The third-order valence-electron chi connectivity index (χ3n) is 4.05. The fourth-order valence-electron chi connectivity index (χ4n) is 2.62. The molecule has 6 nitrogen and oxygen atoms in total. The van der Waals surface area contributed by atoms with E-state index in [1.807, 2.05) is 43.3 Å². The highest BCUT2D eigenvalue weighted by atomic mass is 32.1. The van der Waals surface area contributed by atoms with Crippen molar-refractivity contribution in [2.45, 2.75) is 20.4 Å². The molecule has 0 radical (unpaired) electrons. The summed E-state index contributed by atoms with van der Waals surface area (Å²) in [5, 5.41) is 15.8. The Balaban J connectivity index is 1.58. The Kier molecular flexibility index (Phi) is 4.22. The summed E-state index contributed by atoms with van der Waals surface area (Å²) in [6, 6.07) is 15.7. The Morgan fingerprint density at radius 1 is 1.04 bits per heavy atom. The lowest BCUT2D eigenvalue weighted by Gasteiger charge is -2.05. The van der Waals surface area contributed by atoms with Gasteiger partial charge in [-0.3, -0.25) is 4.79 Å². The molecule has 4 aromatic rings. The van der Waals surface area contributed by atoms with E-state index in [1.54, 1.807) is 4.52 Å². The number of hydrogen-bond acceptors (Lipinski definition) is 5. The minimum atomic E-state index is -0.116. The van der Waals surface area contributed by atoms with Crippen LogP contribution in [0.15, 0.2) is 48.5 Å². The summed E-state index contributed by atoms with van der Waals surface area (Å²) in [6.45, 7) is 4.29. The average Bonchev–Trinajstić information content (AvgIpc) is 3.26. The van der Waals surface area contributed by atoms with E-state index < -0.39 is 0 Å². The van der Waals surface area contributed by atoms with E-state index >= 15 is 0 Å². The van der Waals surface area contributed by atoms with Crippen molar-refractivity contribution in [2.75, 3.05) is 0 Å². The fraction of sp³-hybridized carbons (Fsp3) is 0.158. The molecule has 26 heavy (non-hydrogen) atoms. The summed E-state index contributed by atoms with van der Waals surface area (Å²) < 4.78 is 1.68. The van der Waals surface area contributed by atoms with Gasteiger partial charge in [-0.25, -0.2) is 0 Å². The highest BCUT2D eigenvalue weighted by Crippen LogP contribution is 2.18. The number of thiophene rings is 1. The van der Waals surface area contributed by atoms with Gasteiger partial charge in [0.15, 0.2) is 11.5 Å². The summed E-state index contributed by atoms with van der Waals surface area (Å²) >= 11 is 1.47. The molecule has 0 unspecified atom stereocenters. The molecule has 7 heteroatoms. The molecule has 1 amide bonds. The molecule has 0 bridgehead atoms. The Labute approximate surface area is 154 Å². The van der Waals surface area contributed by atoms with Crippen molar-refractivity contribution in [3.05, 3.63) is 69.7 Å². The van der Waals surface area contributed by atoms with Crippen LogP contribution in [0.4, 0.5) is 0 Å². The van der Waals surface area contributed by atoms with E-state index in [0.29, 0.717) is 16.3 Å². The Morgan fingerprint density at radius 3 is 2.58 bits per heavy atom. The van der Waals surface area contributed by atoms with Crippen molar-refractivity contribution >= 4 is 22.9 Å². The van der Waals surface area contributed by atoms with Gasteiger partial charge in [0.1, 0.15) is 0 Å². The molecule has 0 aliphatic carbocycles. The normalized spacial score (nSPS) is 11.0. The maximum Gasteiger partial charge on any atom is 0.261 e. The average molecular weight is 363 g/mol. The van der Waals surface area contributed by atoms with Crippen LogP contribution in [0.3, 0.4) is 0 Å². The van der Waals surface area contributed by atoms with Crippen LogP contribution in [0, 0.1) is 13.8 Å². The molecule has 0 atom stereocenters. The monoisotopic (exact) mass is 363 g/mol. The lowest BCUT2D eigenvalue weighted by molar-refractivity contribution is 0.0953. The molecule has 0 spiro atoms. The summed E-state index contributed by atoms with van der Waals surface area (Å²) in [7, 11) is 0. The van der Waals surface area contributed by atoms with Gasteiger partial charge < -0.3 is 5.32 Å².